The predicted octanol–water partition coefficient (Wildman–Crippen LogP) is 1.84. The smallest absolute Gasteiger partial charge is 0.258 e. The van der Waals surface area contributed by atoms with Gasteiger partial charge in [0, 0.05) is 12.6 Å². The zero-order valence-electron chi connectivity index (χ0n) is 12.8. The Hall–Kier alpha value is -2.04. The Morgan fingerprint density at radius 2 is 2.09 bits per heavy atom. The van der Waals surface area contributed by atoms with Gasteiger partial charge >= 0.3 is 0 Å². The largest absolute Gasteiger partial charge is 0.507 e. The van der Waals surface area contributed by atoms with Crippen LogP contribution < -0.4 is 5.32 Å². The van der Waals surface area contributed by atoms with Crippen LogP contribution in [0.1, 0.15) is 48.5 Å². The van der Waals surface area contributed by atoms with Gasteiger partial charge in [0.2, 0.25) is 5.91 Å². The number of phenolic OH excluding ortho intramolecular Hbond substituents is 1. The summed E-state index contributed by atoms with van der Waals surface area (Å²) in [5.41, 5.74) is 1.30. The van der Waals surface area contributed by atoms with Gasteiger partial charge in [-0.05, 0) is 49.8 Å². The van der Waals surface area contributed by atoms with Gasteiger partial charge in [0.1, 0.15) is 11.8 Å². The first-order valence-corrected chi connectivity index (χ1v) is 8.03. The molecule has 1 aromatic carbocycles. The molecule has 0 aromatic heterocycles. The number of aromatic hydroxyl groups is 1. The van der Waals surface area contributed by atoms with Crippen molar-refractivity contribution >= 4 is 11.8 Å². The maximum absolute atomic E-state index is 12.7. The lowest BCUT2D eigenvalue weighted by molar-refractivity contribution is -0.125. The molecule has 0 bridgehead atoms. The van der Waals surface area contributed by atoms with Crippen molar-refractivity contribution in [3.05, 3.63) is 29.3 Å². The molecule has 0 radical (unpaired) electrons. The molecule has 1 heterocycles. The molecular weight excluding hydrogens is 280 g/mol. The lowest BCUT2D eigenvalue weighted by atomic mass is 10.1. The highest BCUT2D eigenvalue weighted by Gasteiger charge is 2.37. The lowest BCUT2D eigenvalue weighted by Crippen LogP contribution is -2.46. The maximum Gasteiger partial charge on any atom is 0.258 e. The zero-order chi connectivity index (χ0) is 15.7. The highest BCUT2D eigenvalue weighted by atomic mass is 16.3. The molecule has 118 valence electrons. The fourth-order valence-electron chi connectivity index (χ4n) is 2.94. The topological polar surface area (TPSA) is 69.6 Å². The number of hydrogen-bond acceptors (Lipinski definition) is 3. The van der Waals surface area contributed by atoms with Gasteiger partial charge in [-0.15, -0.1) is 0 Å². The molecular formula is C17H22N2O3. The summed E-state index contributed by atoms with van der Waals surface area (Å²) in [5, 5.41) is 13.0. The van der Waals surface area contributed by atoms with E-state index >= 15 is 0 Å². The first-order valence-electron chi connectivity index (χ1n) is 8.03. The summed E-state index contributed by atoms with van der Waals surface area (Å²) in [5.74, 6) is -0.323. The third-order valence-electron chi connectivity index (χ3n) is 4.44. The second-order valence-corrected chi connectivity index (χ2v) is 6.14. The Bertz CT molecular complexity index is 596. The normalized spacial score (nSPS) is 21.0. The molecule has 22 heavy (non-hydrogen) atoms. The van der Waals surface area contributed by atoms with Crippen molar-refractivity contribution in [2.75, 3.05) is 6.54 Å². The van der Waals surface area contributed by atoms with Crippen molar-refractivity contribution in [2.45, 2.75) is 51.1 Å². The van der Waals surface area contributed by atoms with Crippen molar-refractivity contribution in [2.24, 2.45) is 0 Å². The van der Waals surface area contributed by atoms with Gasteiger partial charge in [0.25, 0.3) is 5.91 Å². The molecule has 2 aliphatic rings. The van der Waals surface area contributed by atoms with E-state index < -0.39 is 6.04 Å². The summed E-state index contributed by atoms with van der Waals surface area (Å²) in [6.45, 7) is 2.57. The number of hydrogen-bond donors (Lipinski definition) is 2. The van der Waals surface area contributed by atoms with Crippen LogP contribution >= 0.6 is 0 Å². The number of carbonyl (C=O) groups is 2. The average Bonchev–Trinajstić information content (AvgIpc) is 3.19. The Labute approximate surface area is 130 Å². The number of nitrogens with one attached hydrogen (secondary N) is 1. The summed E-state index contributed by atoms with van der Waals surface area (Å²) in [6.07, 6.45) is 4.38. The molecule has 5 nitrogen and oxygen atoms in total. The number of amides is 2. The van der Waals surface area contributed by atoms with E-state index in [1.807, 2.05) is 13.0 Å². The molecule has 2 amide bonds. The average molecular weight is 302 g/mol. The minimum atomic E-state index is -0.405. The van der Waals surface area contributed by atoms with Crippen LogP contribution in [0.15, 0.2) is 18.2 Å². The standard InChI is InChI=1S/C17H22N2O3/c1-2-11-5-8-15(20)13(10-11)17(22)19-9-3-4-14(19)16(21)18-12-6-7-12/h5,8,10,12,14,20H,2-4,6-7,9H2,1H3,(H,18,21). The molecule has 3 rings (SSSR count). The van der Waals surface area contributed by atoms with Gasteiger partial charge < -0.3 is 15.3 Å². The van der Waals surface area contributed by atoms with Crippen molar-refractivity contribution < 1.29 is 14.7 Å². The summed E-state index contributed by atoms with van der Waals surface area (Å²) < 4.78 is 0. The van der Waals surface area contributed by atoms with Crippen molar-refractivity contribution in [3.8, 4) is 5.75 Å². The summed E-state index contributed by atoms with van der Waals surface area (Å²) in [6, 6.07) is 4.99. The molecule has 2 N–H and O–H groups in total. The predicted molar refractivity (Wildman–Crippen MR) is 82.7 cm³/mol. The minimum Gasteiger partial charge on any atom is -0.507 e. The quantitative estimate of drug-likeness (QED) is 0.891. The Balaban J connectivity index is 1.79. The van der Waals surface area contributed by atoms with Crippen LogP contribution in [0.2, 0.25) is 0 Å². The lowest BCUT2D eigenvalue weighted by Gasteiger charge is -2.24. The van der Waals surface area contributed by atoms with Crippen molar-refractivity contribution in [3.63, 3.8) is 0 Å². The fraction of sp³-hybridized carbons (Fsp3) is 0.529. The molecule has 1 atom stereocenters. The monoisotopic (exact) mass is 302 g/mol. The number of benzene rings is 1. The summed E-state index contributed by atoms with van der Waals surface area (Å²) in [4.78, 5) is 26.6. The number of rotatable bonds is 4. The zero-order valence-corrected chi connectivity index (χ0v) is 12.8. The van der Waals surface area contributed by atoms with Crippen molar-refractivity contribution in [1.29, 1.82) is 0 Å². The van der Waals surface area contributed by atoms with Crippen LogP contribution in [-0.4, -0.2) is 40.4 Å². The van der Waals surface area contributed by atoms with Gasteiger partial charge in [-0.25, -0.2) is 0 Å². The van der Waals surface area contributed by atoms with E-state index in [4.69, 9.17) is 0 Å². The number of aryl methyl sites for hydroxylation is 1. The molecule has 1 saturated heterocycles. The molecule has 0 spiro atoms. The van der Waals surface area contributed by atoms with Crippen LogP contribution in [0.3, 0.4) is 0 Å². The minimum absolute atomic E-state index is 0.0181. The highest BCUT2D eigenvalue weighted by Crippen LogP contribution is 2.27. The van der Waals surface area contributed by atoms with Crippen LogP contribution in [0.25, 0.3) is 0 Å². The summed E-state index contributed by atoms with van der Waals surface area (Å²) >= 11 is 0. The number of likely N-dealkylation sites (tertiary alicyclic amines) is 1. The van der Waals surface area contributed by atoms with Gasteiger partial charge in [0.15, 0.2) is 0 Å². The van der Waals surface area contributed by atoms with E-state index in [0.29, 0.717) is 24.6 Å². The SMILES string of the molecule is CCc1ccc(O)c(C(=O)N2CCCC2C(=O)NC2CC2)c1. The van der Waals surface area contributed by atoms with E-state index in [1.54, 1.807) is 17.0 Å². The van der Waals surface area contributed by atoms with E-state index in [0.717, 1.165) is 31.2 Å². The van der Waals surface area contributed by atoms with Gasteiger partial charge in [-0.1, -0.05) is 13.0 Å². The Morgan fingerprint density at radius 3 is 2.77 bits per heavy atom. The second kappa shape index (κ2) is 5.99. The Morgan fingerprint density at radius 1 is 1.32 bits per heavy atom. The third-order valence-corrected chi connectivity index (χ3v) is 4.44. The van der Waals surface area contributed by atoms with Crippen molar-refractivity contribution in [1.82, 2.24) is 10.2 Å². The molecule has 1 aromatic rings. The van der Waals surface area contributed by atoms with Crippen LogP contribution in [0.5, 0.6) is 5.75 Å². The van der Waals surface area contributed by atoms with Gasteiger partial charge in [0.05, 0.1) is 5.56 Å². The second-order valence-electron chi connectivity index (χ2n) is 6.14. The first kappa shape index (κ1) is 14.9. The van der Waals surface area contributed by atoms with Gasteiger partial charge in [-0.2, -0.15) is 0 Å². The van der Waals surface area contributed by atoms with Crippen LogP contribution in [-0.2, 0) is 11.2 Å². The first-order chi connectivity index (χ1) is 10.6. The molecule has 1 unspecified atom stereocenters. The number of carbonyl (C=O) groups excluding carboxylic acids is 2. The molecule has 1 aliphatic carbocycles. The van der Waals surface area contributed by atoms with Crippen LogP contribution in [0.4, 0.5) is 0 Å². The molecule has 2 fully saturated rings. The third kappa shape index (κ3) is 2.93. The Kier molecular flexibility index (Phi) is 4.05. The number of nitrogens with zero attached hydrogens (tertiary/aromatic N) is 1. The van der Waals surface area contributed by atoms with E-state index in [-0.39, 0.29) is 17.6 Å². The summed E-state index contributed by atoms with van der Waals surface area (Å²) in [7, 11) is 0. The molecule has 1 aliphatic heterocycles. The fourth-order valence-corrected chi connectivity index (χ4v) is 2.94. The van der Waals surface area contributed by atoms with E-state index in [1.165, 1.54) is 0 Å². The van der Waals surface area contributed by atoms with E-state index in [2.05, 4.69) is 5.32 Å². The van der Waals surface area contributed by atoms with Gasteiger partial charge in [-0.3, -0.25) is 9.59 Å². The number of phenols is 1. The molecule has 1 saturated carbocycles. The van der Waals surface area contributed by atoms with E-state index in [9.17, 15) is 14.7 Å². The molecule has 5 heteroatoms. The highest BCUT2D eigenvalue weighted by molar-refractivity contribution is 6.00. The van der Waals surface area contributed by atoms with Crippen LogP contribution in [0, 0.1) is 0 Å². The maximum atomic E-state index is 12.7.